The lowest BCUT2D eigenvalue weighted by atomic mass is 10.1. The molecule has 0 radical (unpaired) electrons. The number of nitrogens with two attached hydrogens (primary N) is 1. The van der Waals surface area contributed by atoms with Crippen LogP contribution < -0.4 is 11.1 Å². The smallest absolute Gasteiger partial charge is 0.366 e. The molecule has 1 aromatic heterocycles. The molecule has 0 unspecified atom stereocenters. The maximum absolute atomic E-state index is 12.9. The lowest BCUT2D eigenvalue weighted by molar-refractivity contribution is -0.137. The quantitative estimate of drug-likeness (QED) is 0.845. The number of alkyl halides is 3. The van der Waals surface area contributed by atoms with Crippen LogP contribution in [-0.4, -0.2) is 15.9 Å². The number of benzene rings is 1. The SMILES string of the molecule is NC(=O)c1ccccc1CNc1nc(Cl)ncc1C(F)(F)F. The highest BCUT2D eigenvalue weighted by Crippen LogP contribution is 2.33. The van der Waals surface area contributed by atoms with Crippen LogP contribution in [0.1, 0.15) is 21.5 Å². The van der Waals surface area contributed by atoms with Gasteiger partial charge in [-0.2, -0.15) is 13.2 Å². The highest BCUT2D eigenvalue weighted by Gasteiger charge is 2.35. The van der Waals surface area contributed by atoms with Gasteiger partial charge >= 0.3 is 6.18 Å². The van der Waals surface area contributed by atoms with Gasteiger partial charge in [-0.15, -0.1) is 0 Å². The van der Waals surface area contributed by atoms with Gasteiger partial charge in [-0.3, -0.25) is 4.79 Å². The van der Waals surface area contributed by atoms with Crippen LogP contribution in [0.2, 0.25) is 5.28 Å². The average molecular weight is 331 g/mol. The Hall–Kier alpha value is -2.35. The fourth-order valence-corrected chi connectivity index (χ4v) is 1.93. The van der Waals surface area contributed by atoms with Crippen LogP contribution in [0.3, 0.4) is 0 Å². The van der Waals surface area contributed by atoms with E-state index in [9.17, 15) is 18.0 Å². The Morgan fingerprint density at radius 2 is 2.00 bits per heavy atom. The minimum absolute atomic E-state index is 0.0739. The van der Waals surface area contributed by atoms with Crippen molar-refractivity contribution in [3.63, 3.8) is 0 Å². The van der Waals surface area contributed by atoms with Crippen LogP contribution in [0.5, 0.6) is 0 Å². The lowest BCUT2D eigenvalue weighted by Gasteiger charge is -2.14. The van der Waals surface area contributed by atoms with Gasteiger partial charge in [0.2, 0.25) is 11.2 Å². The Morgan fingerprint density at radius 1 is 1.32 bits per heavy atom. The van der Waals surface area contributed by atoms with Crippen molar-refractivity contribution >= 4 is 23.3 Å². The van der Waals surface area contributed by atoms with Crippen molar-refractivity contribution in [2.45, 2.75) is 12.7 Å². The van der Waals surface area contributed by atoms with Crippen molar-refractivity contribution in [1.82, 2.24) is 9.97 Å². The molecule has 1 aromatic carbocycles. The molecule has 0 atom stereocenters. The highest BCUT2D eigenvalue weighted by molar-refractivity contribution is 6.28. The largest absolute Gasteiger partial charge is 0.421 e. The summed E-state index contributed by atoms with van der Waals surface area (Å²) in [5.74, 6) is -1.14. The number of halogens is 4. The van der Waals surface area contributed by atoms with E-state index in [4.69, 9.17) is 17.3 Å². The van der Waals surface area contributed by atoms with Gasteiger partial charge in [0.15, 0.2) is 0 Å². The summed E-state index contributed by atoms with van der Waals surface area (Å²) in [4.78, 5) is 18.1. The third kappa shape index (κ3) is 3.64. The average Bonchev–Trinajstić information content (AvgIpc) is 2.44. The molecular formula is C13H10ClF3N4O. The first-order chi connectivity index (χ1) is 10.3. The van der Waals surface area contributed by atoms with Gasteiger partial charge in [0.25, 0.3) is 0 Å². The molecule has 0 saturated heterocycles. The van der Waals surface area contributed by atoms with E-state index < -0.39 is 23.5 Å². The summed E-state index contributed by atoms with van der Waals surface area (Å²) < 4.78 is 38.6. The van der Waals surface area contributed by atoms with Crippen molar-refractivity contribution < 1.29 is 18.0 Å². The zero-order valence-electron chi connectivity index (χ0n) is 11.0. The van der Waals surface area contributed by atoms with Gasteiger partial charge in [0.1, 0.15) is 11.4 Å². The predicted octanol–water partition coefficient (Wildman–Crippen LogP) is 2.86. The van der Waals surface area contributed by atoms with Gasteiger partial charge < -0.3 is 11.1 Å². The molecule has 0 aliphatic carbocycles. The van der Waals surface area contributed by atoms with E-state index in [-0.39, 0.29) is 17.4 Å². The van der Waals surface area contributed by atoms with Gasteiger partial charge in [0.05, 0.1) is 0 Å². The van der Waals surface area contributed by atoms with E-state index in [0.29, 0.717) is 11.8 Å². The van der Waals surface area contributed by atoms with Crippen LogP contribution in [0.25, 0.3) is 0 Å². The fraction of sp³-hybridized carbons (Fsp3) is 0.154. The summed E-state index contributed by atoms with van der Waals surface area (Å²) >= 11 is 5.53. The first kappa shape index (κ1) is 16.0. The van der Waals surface area contributed by atoms with E-state index >= 15 is 0 Å². The number of nitrogens with zero attached hydrogens (tertiary/aromatic N) is 2. The summed E-state index contributed by atoms with van der Waals surface area (Å²) in [5, 5.41) is 2.19. The zero-order valence-corrected chi connectivity index (χ0v) is 11.7. The highest BCUT2D eigenvalue weighted by atomic mass is 35.5. The monoisotopic (exact) mass is 330 g/mol. The maximum Gasteiger partial charge on any atom is 0.421 e. The first-order valence-corrected chi connectivity index (χ1v) is 6.38. The third-order valence-electron chi connectivity index (χ3n) is 2.79. The summed E-state index contributed by atoms with van der Waals surface area (Å²) in [7, 11) is 0. The first-order valence-electron chi connectivity index (χ1n) is 6.00. The van der Waals surface area contributed by atoms with Crippen molar-refractivity contribution in [3.8, 4) is 0 Å². The molecule has 9 heteroatoms. The third-order valence-corrected chi connectivity index (χ3v) is 2.98. The Bertz CT molecular complexity index is 706. The Morgan fingerprint density at radius 3 is 2.64 bits per heavy atom. The Labute approximate surface area is 128 Å². The number of nitrogens with one attached hydrogen (secondary N) is 1. The van der Waals surface area contributed by atoms with E-state index in [1.165, 1.54) is 6.07 Å². The fourth-order valence-electron chi connectivity index (χ4n) is 1.80. The summed E-state index contributed by atoms with van der Waals surface area (Å²) in [6, 6.07) is 6.30. The second-order valence-corrected chi connectivity index (χ2v) is 4.61. The Balaban J connectivity index is 2.29. The molecule has 1 amide bonds. The minimum Gasteiger partial charge on any atom is -0.366 e. The summed E-state index contributed by atoms with van der Waals surface area (Å²) in [6.07, 6.45) is -4.03. The number of carbonyl (C=O) groups is 1. The molecule has 5 nitrogen and oxygen atoms in total. The molecule has 2 rings (SSSR count). The number of primary amides is 1. The maximum atomic E-state index is 12.9. The molecule has 22 heavy (non-hydrogen) atoms. The lowest BCUT2D eigenvalue weighted by Crippen LogP contribution is -2.17. The van der Waals surface area contributed by atoms with E-state index in [0.717, 1.165) is 0 Å². The zero-order chi connectivity index (χ0) is 16.3. The minimum atomic E-state index is -4.63. The number of rotatable bonds is 4. The number of carbonyl (C=O) groups excluding carboxylic acids is 1. The van der Waals surface area contributed by atoms with E-state index in [1.807, 2.05) is 0 Å². The van der Waals surface area contributed by atoms with Crippen molar-refractivity contribution in [3.05, 3.63) is 52.4 Å². The molecule has 2 aromatic rings. The van der Waals surface area contributed by atoms with Crippen LogP contribution in [-0.2, 0) is 12.7 Å². The number of amides is 1. The van der Waals surface area contributed by atoms with E-state index in [2.05, 4.69) is 15.3 Å². The molecule has 0 aliphatic heterocycles. The second-order valence-electron chi connectivity index (χ2n) is 4.27. The molecule has 116 valence electrons. The number of hydrogen-bond acceptors (Lipinski definition) is 4. The predicted molar refractivity (Wildman–Crippen MR) is 74.3 cm³/mol. The molecule has 0 saturated carbocycles. The number of anilines is 1. The number of hydrogen-bond donors (Lipinski definition) is 2. The van der Waals surface area contributed by atoms with E-state index in [1.54, 1.807) is 18.2 Å². The summed E-state index contributed by atoms with van der Waals surface area (Å²) in [5.41, 5.74) is 4.82. The van der Waals surface area contributed by atoms with Gasteiger partial charge in [-0.05, 0) is 23.2 Å². The summed E-state index contributed by atoms with van der Waals surface area (Å²) in [6.45, 7) is -0.0739. The van der Waals surface area contributed by atoms with Crippen molar-refractivity contribution in [2.24, 2.45) is 5.73 Å². The van der Waals surface area contributed by atoms with Crippen LogP contribution >= 0.6 is 11.6 Å². The van der Waals surface area contributed by atoms with Gasteiger partial charge in [0, 0.05) is 18.3 Å². The van der Waals surface area contributed by atoms with Crippen LogP contribution in [0, 0.1) is 0 Å². The molecule has 0 bridgehead atoms. The molecule has 0 fully saturated rings. The van der Waals surface area contributed by atoms with Gasteiger partial charge in [-0.1, -0.05) is 18.2 Å². The van der Waals surface area contributed by atoms with Crippen molar-refractivity contribution in [1.29, 1.82) is 0 Å². The molecule has 1 heterocycles. The topological polar surface area (TPSA) is 80.9 Å². The van der Waals surface area contributed by atoms with Crippen LogP contribution in [0.15, 0.2) is 30.5 Å². The molecule has 3 N–H and O–H groups in total. The van der Waals surface area contributed by atoms with Crippen molar-refractivity contribution in [2.75, 3.05) is 5.32 Å². The number of aromatic nitrogens is 2. The standard InChI is InChI=1S/C13H10ClF3N4O/c14-12-20-6-9(13(15,16)17)11(21-12)19-5-7-3-1-2-4-8(7)10(18)22/h1-4,6H,5H2,(H2,18,22)(H,19,20,21). The Kier molecular flexibility index (Phi) is 4.51. The van der Waals surface area contributed by atoms with Gasteiger partial charge in [-0.25, -0.2) is 9.97 Å². The molecular weight excluding hydrogens is 321 g/mol. The molecule has 0 spiro atoms. The van der Waals surface area contributed by atoms with Crippen LogP contribution in [0.4, 0.5) is 19.0 Å². The molecule has 0 aliphatic rings. The second kappa shape index (κ2) is 6.18. The normalized spacial score (nSPS) is 11.3.